The van der Waals surface area contributed by atoms with Gasteiger partial charge in [0.2, 0.25) is 0 Å². The van der Waals surface area contributed by atoms with E-state index in [0.29, 0.717) is 38.0 Å². The van der Waals surface area contributed by atoms with Gasteiger partial charge >= 0.3 is 6.18 Å². The molecule has 1 aliphatic heterocycles. The van der Waals surface area contributed by atoms with Crippen LogP contribution in [0.3, 0.4) is 0 Å². The van der Waals surface area contributed by atoms with Crippen LogP contribution in [0, 0.1) is 17.8 Å². The predicted molar refractivity (Wildman–Crippen MR) is 135 cm³/mol. The van der Waals surface area contributed by atoms with Crippen LogP contribution in [0.5, 0.6) is 0 Å². The molecule has 1 amide bonds. The summed E-state index contributed by atoms with van der Waals surface area (Å²) in [6.07, 6.45) is -2.77. The lowest BCUT2D eigenvalue weighted by Crippen LogP contribution is -2.53. The SMILES string of the molecule is CC(C)C[C@H](N)C(=O)N([C@@H]1CC[C@H]2CN(Cc3cccc(C(F)(F)F)c3)C[C@H]21)S(=O)(=O)c1ccccc1. The maximum Gasteiger partial charge on any atom is 0.416 e. The molecule has 1 saturated carbocycles. The minimum atomic E-state index is -4.41. The Morgan fingerprint density at radius 2 is 1.78 bits per heavy atom. The largest absolute Gasteiger partial charge is 0.416 e. The van der Waals surface area contributed by atoms with Gasteiger partial charge in [-0.05, 0) is 60.8 Å². The molecule has 0 spiro atoms. The Bertz CT molecular complexity index is 1200. The van der Waals surface area contributed by atoms with E-state index in [1.54, 1.807) is 24.3 Å². The Hall–Kier alpha value is -2.43. The molecule has 2 N–H and O–H groups in total. The smallest absolute Gasteiger partial charge is 0.320 e. The minimum Gasteiger partial charge on any atom is -0.320 e. The molecule has 202 valence electrons. The lowest BCUT2D eigenvalue weighted by molar-refractivity contribution is -0.137. The first-order valence-electron chi connectivity index (χ1n) is 12.7. The highest BCUT2D eigenvalue weighted by Gasteiger charge is 2.50. The Morgan fingerprint density at radius 1 is 1.08 bits per heavy atom. The molecule has 10 heteroatoms. The molecule has 2 aromatic carbocycles. The summed E-state index contributed by atoms with van der Waals surface area (Å²) in [4.78, 5) is 15.7. The molecule has 1 heterocycles. The number of carbonyl (C=O) groups excluding carboxylic acids is 1. The molecule has 0 aromatic heterocycles. The summed E-state index contributed by atoms with van der Waals surface area (Å²) in [6, 6.07) is 11.7. The van der Waals surface area contributed by atoms with Gasteiger partial charge in [-0.25, -0.2) is 12.7 Å². The van der Waals surface area contributed by atoms with E-state index < -0.39 is 39.8 Å². The Morgan fingerprint density at radius 3 is 2.43 bits per heavy atom. The van der Waals surface area contributed by atoms with Crippen molar-refractivity contribution in [2.24, 2.45) is 23.5 Å². The number of amides is 1. The number of benzene rings is 2. The van der Waals surface area contributed by atoms with Gasteiger partial charge in [0.05, 0.1) is 22.5 Å². The fraction of sp³-hybridized carbons (Fsp3) is 0.519. The number of halogens is 3. The minimum absolute atomic E-state index is 0.0439. The van der Waals surface area contributed by atoms with Crippen molar-refractivity contribution in [2.45, 2.75) is 62.8 Å². The van der Waals surface area contributed by atoms with Gasteiger partial charge in [0, 0.05) is 19.6 Å². The van der Waals surface area contributed by atoms with E-state index in [9.17, 15) is 26.4 Å². The fourth-order valence-electron chi connectivity index (χ4n) is 5.79. The first kappa shape index (κ1) is 27.6. The number of rotatable bonds is 8. The lowest BCUT2D eigenvalue weighted by Gasteiger charge is -2.34. The topological polar surface area (TPSA) is 83.7 Å². The third-order valence-corrected chi connectivity index (χ3v) is 9.25. The highest BCUT2D eigenvalue weighted by Crippen LogP contribution is 2.43. The molecule has 4 rings (SSSR count). The van der Waals surface area contributed by atoms with Crippen LogP contribution in [-0.4, -0.2) is 48.7 Å². The Balaban J connectivity index is 1.59. The van der Waals surface area contributed by atoms with E-state index in [1.807, 2.05) is 13.8 Å². The second-order valence-corrected chi connectivity index (χ2v) is 12.5. The number of likely N-dealkylation sites (tertiary alicyclic amines) is 1. The van der Waals surface area contributed by atoms with Gasteiger partial charge in [0.15, 0.2) is 0 Å². The lowest BCUT2D eigenvalue weighted by atomic mass is 9.97. The van der Waals surface area contributed by atoms with Gasteiger partial charge in [-0.15, -0.1) is 0 Å². The number of nitrogens with two attached hydrogens (primary N) is 1. The van der Waals surface area contributed by atoms with Gasteiger partial charge in [-0.1, -0.05) is 50.2 Å². The molecule has 0 radical (unpaired) electrons. The maximum absolute atomic E-state index is 13.8. The second-order valence-electron chi connectivity index (χ2n) is 10.6. The molecular weight excluding hydrogens is 503 g/mol. The maximum atomic E-state index is 13.8. The van der Waals surface area contributed by atoms with E-state index in [0.717, 1.165) is 22.9 Å². The number of hydrogen-bond acceptors (Lipinski definition) is 5. The number of carbonyl (C=O) groups is 1. The highest BCUT2D eigenvalue weighted by atomic mass is 32.2. The van der Waals surface area contributed by atoms with Crippen molar-refractivity contribution >= 4 is 15.9 Å². The molecular formula is C27H34F3N3O3S. The molecule has 2 fully saturated rings. The average molecular weight is 538 g/mol. The first-order chi connectivity index (χ1) is 17.4. The third-order valence-electron chi connectivity index (χ3n) is 7.42. The molecule has 2 aliphatic rings. The molecule has 6 nitrogen and oxygen atoms in total. The van der Waals surface area contributed by atoms with Crippen molar-refractivity contribution in [3.8, 4) is 0 Å². The average Bonchev–Trinajstić information content (AvgIpc) is 3.40. The Kier molecular flexibility index (Phi) is 8.02. The quantitative estimate of drug-likeness (QED) is 0.536. The zero-order valence-corrected chi connectivity index (χ0v) is 21.9. The van der Waals surface area contributed by atoms with Crippen LogP contribution >= 0.6 is 0 Å². The van der Waals surface area contributed by atoms with E-state index in [4.69, 9.17) is 5.73 Å². The summed E-state index contributed by atoms with van der Waals surface area (Å²) in [6.45, 7) is 5.33. The second kappa shape index (κ2) is 10.7. The van der Waals surface area contributed by atoms with Gasteiger partial charge in [-0.3, -0.25) is 9.69 Å². The van der Waals surface area contributed by atoms with Crippen LogP contribution < -0.4 is 5.73 Å². The van der Waals surface area contributed by atoms with Crippen molar-refractivity contribution in [3.63, 3.8) is 0 Å². The predicted octanol–water partition coefficient (Wildman–Crippen LogP) is 4.51. The van der Waals surface area contributed by atoms with Crippen LogP contribution in [0.1, 0.15) is 44.2 Å². The fourth-order valence-corrected chi connectivity index (χ4v) is 7.51. The standard InChI is InChI=1S/C27H34F3N3O3S/c1-18(2)13-24(31)26(34)33(37(35,36)22-9-4-3-5-10-22)25-12-11-20-16-32(17-23(20)25)15-19-7-6-8-21(14-19)27(28,29)30/h3-10,14,18,20,23-25H,11-13,15-17,31H2,1-2H3/t20-,23+,24-,25+/m0/s1. The zero-order chi connectivity index (χ0) is 27.0. The number of nitrogens with zero attached hydrogens (tertiary/aromatic N) is 2. The molecule has 1 saturated heterocycles. The molecule has 0 unspecified atom stereocenters. The molecule has 2 aromatic rings. The van der Waals surface area contributed by atoms with Crippen molar-refractivity contribution in [1.82, 2.24) is 9.21 Å². The molecule has 37 heavy (non-hydrogen) atoms. The number of fused-ring (bicyclic) bond motifs is 1. The van der Waals surface area contributed by atoms with Crippen LogP contribution in [0.4, 0.5) is 13.2 Å². The normalized spacial score (nSPS) is 23.3. The van der Waals surface area contributed by atoms with E-state index >= 15 is 0 Å². The molecule has 1 aliphatic carbocycles. The summed E-state index contributed by atoms with van der Waals surface area (Å²) in [7, 11) is -4.14. The van der Waals surface area contributed by atoms with Gasteiger partial charge < -0.3 is 5.73 Å². The monoisotopic (exact) mass is 537 g/mol. The van der Waals surface area contributed by atoms with Crippen LogP contribution in [0.2, 0.25) is 0 Å². The van der Waals surface area contributed by atoms with Crippen LogP contribution in [0.15, 0.2) is 59.5 Å². The van der Waals surface area contributed by atoms with Crippen LogP contribution in [-0.2, 0) is 27.5 Å². The van der Waals surface area contributed by atoms with Crippen molar-refractivity contribution in [3.05, 3.63) is 65.7 Å². The number of hydrogen-bond donors (Lipinski definition) is 1. The summed E-state index contributed by atoms with van der Waals surface area (Å²) in [5.41, 5.74) is 6.08. The van der Waals surface area contributed by atoms with Gasteiger partial charge in [0.25, 0.3) is 15.9 Å². The van der Waals surface area contributed by atoms with Crippen molar-refractivity contribution < 1.29 is 26.4 Å². The summed E-state index contributed by atoms with van der Waals surface area (Å²) < 4.78 is 68.1. The summed E-state index contributed by atoms with van der Waals surface area (Å²) >= 11 is 0. The van der Waals surface area contributed by atoms with Crippen LogP contribution in [0.25, 0.3) is 0 Å². The zero-order valence-electron chi connectivity index (χ0n) is 21.1. The number of alkyl halides is 3. The third kappa shape index (κ3) is 6.02. The van der Waals surface area contributed by atoms with E-state index in [2.05, 4.69) is 4.90 Å². The molecule has 0 bridgehead atoms. The van der Waals surface area contributed by atoms with E-state index in [1.165, 1.54) is 18.2 Å². The number of sulfonamides is 1. The first-order valence-corrected chi connectivity index (χ1v) is 14.1. The Labute approximate surface area is 216 Å². The van der Waals surface area contributed by atoms with Gasteiger partial charge in [0.1, 0.15) is 0 Å². The van der Waals surface area contributed by atoms with Gasteiger partial charge in [-0.2, -0.15) is 13.2 Å². The van der Waals surface area contributed by atoms with Crippen molar-refractivity contribution in [2.75, 3.05) is 13.1 Å². The van der Waals surface area contributed by atoms with Crippen molar-refractivity contribution in [1.29, 1.82) is 0 Å². The van der Waals surface area contributed by atoms with E-state index in [-0.39, 0.29) is 22.6 Å². The summed E-state index contributed by atoms with van der Waals surface area (Å²) in [5, 5.41) is 0. The summed E-state index contributed by atoms with van der Waals surface area (Å²) in [5.74, 6) is -0.441. The highest BCUT2D eigenvalue weighted by molar-refractivity contribution is 7.89. The molecule has 4 atom stereocenters.